The highest BCUT2D eigenvalue weighted by atomic mass is 16.5. The Labute approximate surface area is 87.7 Å². The molecule has 2 rings (SSSR count). The highest BCUT2D eigenvalue weighted by Gasteiger charge is 2.33. The summed E-state index contributed by atoms with van der Waals surface area (Å²) < 4.78 is 5.12. The van der Waals surface area contributed by atoms with Gasteiger partial charge in [0.05, 0.1) is 13.2 Å². The quantitative estimate of drug-likeness (QED) is 0.620. The number of primary amides is 1. The zero-order valence-corrected chi connectivity index (χ0v) is 8.44. The number of hydrogen-bond acceptors (Lipinski definition) is 3. The van der Waals surface area contributed by atoms with Crippen LogP contribution in [0, 0.1) is 0 Å². The molecule has 2 fully saturated rings. The Kier molecular flexibility index (Phi) is 2.77. The van der Waals surface area contributed by atoms with Crippen LogP contribution in [0.2, 0.25) is 0 Å². The number of carbonyl (C=O) groups is 2. The maximum Gasteiger partial charge on any atom is 0.318 e. The molecular formula is C9H15N3O3. The van der Waals surface area contributed by atoms with E-state index in [-0.39, 0.29) is 18.7 Å². The molecule has 0 spiro atoms. The SMILES string of the molecule is NC(=O)C1COCCN1C(=O)NC1CC1. The third-order valence-electron chi connectivity index (χ3n) is 2.62. The number of amides is 3. The van der Waals surface area contributed by atoms with Crippen molar-refractivity contribution in [2.75, 3.05) is 19.8 Å². The second-order valence-corrected chi connectivity index (χ2v) is 3.91. The molecule has 6 nitrogen and oxygen atoms in total. The number of hydrogen-bond donors (Lipinski definition) is 2. The van der Waals surface area contributed by atoms with Crippen LogP contribution < -0.4 is 11.1 Å². The molecule has 1 atom stereocenters. The number of urea groups is 1. The van der Waals surface area contributed by atoms with Crippen molar-refractivity contribution in [1.82, 2.24) is 10.2 Å². The summed E-state index contributed by atoms with van der Waals surface area (Å²) in [5, 5.41) is 2.83. The number of ether oxygens (including phenoxy) is 1. The summed E-state index contributed by atoms with van der Waals surface area (Å²) in [4.78, 5) is 24.3. The molecule has 3 amide bonds. The van der Waals surface area contributed by atoms with Crippen molar-refractivity contribution in [1.29, 1.82) is 0 Å². The maximum atomic E-state index is 11.7. The summed E-state index contributed by atoms with van der Waals surface area (Å²) in [7, 11) is 0. The van der Waals surface area contributed by atoms with Crippen LogP contribution in [-0.2, 0) is 9.53 Å². The average Bonchev–Trinajstić information content (AvgIpc) is 3.01. The number of nitrogens with zero attached hydrogens (tertiary/aromatic N) is 1. The number of nitrogens with two attached hydrogens (primary N) is 1. The molecule has 0 radical (unpaired) electrons. The summed E-state index contributed by atoms with van der Waals surface area (Å²) in [5.41, 5.74) is 5.20. The van der Waals surface area contributed by atoms with Crippen molar-refractivity contribution in [3.8, 4) is 0 Å². The van der Waals surface area contributed by atoms with E-state index in [9.17, 15) is 9.59 Å². The minimum absolute atomic E-state index is 0.202. The van der Waals surface area contributed by atoms with Crippen LogP contribution in [0.15, 0.2) is 0 Å². The first-order valence-electron chi connectivity index (χ1n) is 5.12. The second-order valence-electron chi connectivity index (χ2n) is 3.91. The Morgan fingerprint density at radius 3 is 2.73 bits per heavy atom. The van der Waals surface area contributed by atoms with E-state index in [2.05, 4.69) is 5.32 Å². The van der Waals surface area contributed by atoms with E-state index in [0.29, 0.717) is 13.2 Å². The molecule has 15 heavy (non-hydrogen) atoms. The number of nitrogens with one attached hydrogen (secondary N) is 1. The van der Waals surface area contributed by atoms with Gasteiger partial charge in [-0.2, -0.15) is 0 Å². The summed E-state index contributed by atoms with van der Waals surface area (Å²) in [5.74, 6) is -0.513. The minimum Gasteiger partial charge on any atom is -0.377 e. The van der Waals surface area contributed by atoms with Crippen LogP contribution in [0.3, 0.4) is 0 Å². The van der Waals surface area contributed by atoms with Crippen molar-refractivity contribution >= 4 is 11.9 Å². The predicted molar refractivity (Wildman–Crippen MR) is 52.1 cm³/mol. The Balaban J connectivity index is 1.96. The lowest BCUT2D eigenvalue weighted by Gasteiger charge is -2.33. The zero-order valence-electron chi connectivity index (χ0n) is 8.44. The summed E-state index contributed by atoms with van der Waals surface area (Å²) >= 11 is 0. The van der Waals surface area contributed by atoms with Gasteiger partial charge in [0.1, 0.15) is 6.04 Å². The van der Waals surface area contributed by atoms with Gasteiger partial charge < -0.3 is 20.7 Å². The van der Waals surface area contributed by atoms with Crippen LogP contribution in [0.25, 0.3) is 0 Å². The molecule has 1 saturated carbocycles. The molecular weight excluding hydrogens is 198 g/mol. The molecule has 0 aromatic heterocycles. The first-order valence-corrected chi connectivity index (χ1v) is 5.12. The van der Waals surface area contributed by atoms with Crippen molar-refractivity contribution in [3.05, 3.63) is 0 Å². The van der Waals surface area contributed by atoms with Gasteiger partial charge in [0.25, 0.3) is 0 Å². The third kappa shape index (κ3) is 2.38. The van der Waals surface area contributed by atoms with Gasteiger partial charge in [-0.25, -0.2) is 4.79 Å². The van der Waals surface area contributed by atoms with Gasteiger partial charge in [-0.3, -0.25) is 4.79 Å². The first kappa shape index (κ1) is 10.2. The molecule has 2 aliphatic rings. The molecule has 0 bridgehead atoms. The van der Waals surface area contributed by atoms with E-state index >= 15 is 0 Å². The Bertz CT molecular complexity index is 278. The van der Waals surface area contributed by atoms with Crippen molar-refractivity contribution in [3.63, 3.8) is 0 Å². The van der Waals surface area contributed by atoms with Crippen LogP contribution in [0.1, 0.15) is 12.8 Å². The fourth-order valence-electron chi connectivity index (χ4n) is 1.57. The van der Waals surface area contributed by atoms with E-state index in [1.54, 1.807) is 0 Å². The lowest BCUT2D eigenvalue weighted by atomic mass is 10.2. The van der Waals surface area contributed by atoms with Crippen LogP contribution in [0.4, 0.5) is 4.79 Å². The van der Waals surface area contributed by atoms with Crippen LogP contribution in [-0.4, -0.2) is 48.7 Å². The monoisotopic (exact) mass is 213 g/mol. The second kappa shape index (κ2) is 4.06. The molecule has 1 heterocycles. The molecule has 1 aliphatic carbocycles. The van der Waals surface area contributed by atoms with Gasteiger partial charge >= 0.3 is 6.03 Å². The van der Waals surface area contributed by atoms with Crippen LogP contribution >= 0.6 is 0 Å². The fraction of sp³-hybridized carbons (Fsp3) is 0.778. The number of morpholine rings is 1. The van der Waals surface area contributed by atoms with E-state index in [4.69, 9.17) is 10.5 Å². The Morgan fingerprint density at radius 2 is 2.13 bits per heavy atom. The van der Waals surface area contributed by atoms with Crippen molar-refractivity contribution in [2.24, 2.45) is 5.73 Å². The zero-order chi connectivity index (χ0) is 10.8. The highest BCUT2D eigenvalue weighted by Crippen LogP contribution is 2.19. The van der Waals surface area contributed by atoms with Crippen LogP contribution in [0.5, 0.6) is 0 Å². The summed E-state index contributed by atoms with van der Waals surface area (Å²) in [6, 6.07) is -0.545. The first-order chi connectivity index (χ1) is 7.18. The topological polar surface area (TPSA) is 84.7 Å². The van der Waals surface area contributed by atoms with Gasteiger partial charge in [0.15, 0.2) is 0 Å². The highest BCUT2D eigenvalue weighted by molar-refractivity contribution is 5.86. The fourth-order valence-corrected chi connectivity index (χ4v) is 1.57. The largest absolute Gasteiger partial charge is 0.377 e. The summed E-state index contributed by atoms with van der Waals surface area (Å²) in [6.07, 6.45) is 2.05. The van der Waals surface area contributed by atoms with Gasteiger partial charge in [-0.15, -0.1) is 0 Å². The van der Waals surface area contributed by atoms with Gasteiger partial charge in [-0.1, -0.05) is 0 Å². The summed E-state index contributed by atoms with van der Waals surface area (Å²) in [6.45, 7) is 1.08. The molecule has 0 aromatic carbocycles. The molecule has 0 aromatic rings. The standard InChI is InChI=1S/C9H15N3O3/c10-8(13)7-5-15-4-3-12(7)9(14)11-6-1-2-6/h6-7H,1-5H2,(H2,10,13)(H,11,14). The van der Waals surface area contributed by atoms with Gasteiger partial charge in [0, 0.05) is 12.6 Å². The molecule has 84 valence electrons. The molecule has 3 N–H and O–H groups in total. The predicted octanol–water partition coefficient (Wildman–Crippen LogP) is -0.955. The average molecular weight is 213 g/mol. The van der Waals surface area contributed by atoms with Gasteiger partial charge in [0.2, 0.25) is 5.91 Å². The molecule has 6 heteroatoms. The number of rotatable bonds is 2. The Morgan fingerprint density at radius 1 is 1.40 bits per heavy atom. The van der Waals surface area contributed by atoms with E-state index in [1.165, 1.54) is 4.90 Å². The maximum absolute atomic E-state index is 11.7. The van der Waals surface area contributed by atoms with E-state index < -0.39 is 11.9 Å². The van der Waals surface area contributed by atoms with E-state index in [1.807, 2.05) is 0 Å². The molecule has 1 unspecified atom stereocenters. The Hall–Kier alpha value is -1.30. The smallest absolute Gasteiger partial charge is 0.318 e. The third-order valence-corrected chi connectivity index (χ3v) is 2.62. The molecule has 1 aliphatic heterocycles. The van der Waals surface area contributed by atoms with Crippen molar-refractivity contribution < 1.29 is 14.3 Å². The lowest BCUT2D eigenvalue weighted by molar-refractivity contribution is -0.127. The van der Waals surface area contributed by atoms with Crippen molar-refractivity contribution in [2.45, 2.75) is 24.9 Å². The normalized spacial score (nSPS) is 26.1. The number of carbonyl (C=O) groups excluding carboxylic acids is 2. The molecule has 1 saturated heterocycles. The van der Waals surface area contributed by atoms with E-state index in [0.717, 1.165) is 12.8 Å². The lowest BCUT2D eigenvalue weighted by Crippen LogP contribution is -2.57. The van der Waals surface area contributed by atoms with Gasteiger partial charge in [-0.05, 0) is 12.8 Å². The minimum atomic E-state index is -0.627.